The molecule has 0 saturated carbocycles. The molecule has 17 heavy (non-hydrogen) atoms. The summed E-state index contributed by atoms with van der Waals surface area (Å²) >= 11 is 1.48. The Morgan fingerprint density at radius 3 is 2.76 bits per heavy atom. The van der Waals surface area contributed by atoms with Crippen LogP contribution in [0, 0.1) is 0 Å². The molecule has 0 aromatic carbocycles. The molecule has 0 bridgehead atoms. The first-order valence-electron chi connectivity index (χ1n) is 4.94. The van der Waals surface area contributed by atoms with Crippen LogP contribution in [-0.2, 0) is 15.8 Å². The van der Waals surface area contributed by atoms with Gasteiger partial charge in [-0.05, 0) is 18.4 Å². The van der Waals surface area contributed by atoms with Crippen LogP contribution in [0.15, 0.2) is 17.5 Å². The van der Waals surface area contributed by atoms with Crippen LogP contribution in [0.25, 0.3) is 0 Å². The number of hydrogen-bond donors (Lipinski definition) is 4. The molecule has 2 atom stereocenters. The van der Waals surface area contributed by atoms with Crippen molar-refractivity contribution >= 4 is 24.8 Å². The van der Waals surface area contributed by atoms with Crippen molar-refractivity contribution in [1.82, 2.24) is 5.32 Å². The van der Waals surface area contributed by atoms with E-state index in [0.29, 0.717) is 6.42 Å². The van der Waals surface area contributed by atoms with Crippen LogP contribution in [0.1, 0.15) is 11.8 Å². The zero-order valence-electron chi connectivity index (χ0n) is 9.24. The third kappa shape index (κ3) is 4.57. The quantitative estimate of drug-likeness (QED) is 0.577. The summed E-state index contributed by atoms with van der Waals surface area (Å²) in [5.74, 6) is -1.78. The van der Waals surface area contributed by atoms with Crippen LogP contribution in [0.5, 0.6) is 0 Å². The van der Waals surface area contributed by atoms with E-state index in [9.17, 15) is 9.36 Å². The molecule has 8 heteroatoms. The van der Waals surface area contributed by atoms with Gasteiger partial charge in [0.15, 0.2) is 0 Å². The summed E-state index contributed by atoms with van der Waals surface area (Å²) < 4.78 is 10.8. The second-order valence-electron chi connectivity index (χ2n) is 3.66. The summed E-state index contributed by atoms with van der Waals surface area (Å²) in [5, 5.41) is 4.08. The third-order valence-corrected chi connectivity index (χ3v) is 4.23. The van der Waals surface area contributed by atoms with Gasteiger partial charge in [-0.15, -0.1) is 11.3 Å². The van der Waals surface area contributed by atoms with E-state index in [4.69, 9.17) is 15.5 Å². The van der Waals surface area contributed by atoms with Crippen molar-refractivity contribution in [2.45, 2.75) is 25.2 Å². The van der Waals surface area contributed by atoms with E-state index in [2.05, 4.69) is 5.32 Å². The normalized spacial score (nSPS) is 15.3. The van der Waals surface area contributed by atoms with Gasteiger partial charge in [-0.3, -0.25) is 9.36 Å². The highest BCUT2D eigenvalue weighted by Gasteiger charge is 2.27. The van der Waals surface area contributed by atoms with Crippen LogP contribution < -0.4 is 11.1 Å². The molecule has 1 heterocycles. The minimum Gasteiger partial charge on any atom is -0.341 e. The number of thiophene rings is 1. The topological polar surface area (TPSA) is 113 Å². The van der Waals surface area contributed by atoms with Crippen molar-refractivity contribution in [2.24, 2.45) is 5.73 Å². The van der Waals surface area contributed by atoms with Crippen molar-refractivity contribution in [3.63, 3.8) is 0 Å². The summed E-state index contributed by atoms with van der Waals surface area (Å²) in [6, 6.07) is 2.90. The summed E-state index contributed by atoms with van der Waals surface area (Å²) in [4.78, 5) is 30.2. The van der Waals surface area contributed by atoms with Crippen molar-refractivity contribution in [3.8, 4) is 0 Å². The van der Waals surface area contributed by atoms with E-state index >= 15 is 0 Å². The van der Waals surface area contributed by atoms with Gasteiger partial charge in [0.05, 0.1) is 6.04 Å². The fraction of sp³-hybridized carbons (Fsp3) is 0.444. The lowest BCUT2D eigenvalue weighted by Gasteiger charge is -2.18. The minimum absolute atomic E-state index is 0.359. The van der Waals surface area contributed by atoms with Gasteiger partial charge in [0, 0.05) is 11.3 Å². The van der Waals surface area contributed by atoms with Gasteiger partial charge in [0.1, 0.15) is 5.78 Å². The average molecular weight is 278 g/mol. The molecule has 0 spiro atoms. The Balaban J connectivity index is 2.50. The van der Waals surface area contributed by atoms with Crippen LogP contribution in [0.2, 0.25) is 0 Å². The first kappa shape index (κ1) is 14.3. The highest BCUT2D eigenvalue weighted by Crippen LogP contribution is 2.39. The maximum atomic E-state index is 11.6. The summed E-state index contributed by atoms with van der Waals surface area (Å²) in [5.41, 5.74) is 5.64. The van der Waals surface area contributed by atoms with E-state index < -0.39 is 25.3 Å². The van der Waals surface area contributed by atoms with Gasteiger partial charge in [-0.1, -0.05) is 6.07 Å². The van der Waals surface area contributed by atoms with E-state index in [1.165, 1.54) is 18.3 Å². The lowest BCUT2D eigenvalue weighted by molar-refractivity contribution is -0.122. The highest BCUT2D eigenvalue weighted by molar-refractivity contribution is 7.52. The van der Waals surface area contributed by atoms with Crippen molar-refractivity contribution in [1.29, 1.82) is 0 Å². The molecule has 1 rings (SSSR count). The Labute approximate surface area is 103 Å². The summed E-state index contributed by atoms with van der Waals surface area (Å²) in [6.07, 6.45) is 0.359. The zero-order chi connectivity index (χ0) is 13.1. The molecular formula is C9H15N2O4PS. The van der Waals surface area contributed by atoms with Gasteiger partial charge < -0.3 is 20.8 Å². The van der Waals surface area contributed by atoms with Crippen molar-refractivity contribution in [2.75, 3.05) is 0 Å². The van der Waals surface area contributed by atoms with Gasteiger partial charge in [-0.25, -0.2) is 0 Å². The molecule has 96 valence electrons. The second kappa shape index (κ2) is 5.75. The predicted octanol–water partition coefficient (Wildman–Crippen LogP) is 0.258. The Bertz CT molecular complexity index is 417. The lowest BCUT2D eigenvalue weighted by atomic mass is 10.2. The molecule has 6 nitrogen and oxygen atoms in total. The fourth-order valence-corrected chi connectivity index (χ4v) is 2.20. The van der Waals surface area contributed by atoms with E-state index in [0.717, 1.165) is 4.88 Å². The second-order valence-corrected chi connectivity index (χ2v) is 6.65. The largest absolute Gasteiger partial charge is 0.347 e. The smallest absolute Gasteiger partial charge is 0.341 e. The number of carbonyl (C=O) groups is 1. The minimum atomic E-state index is -4.31. The lowest BCUT2D eigenvalue weighted by Crippen LogP contribution is -2.45. The molecule has 1 aromatic rings. The Morgan fingerprint density at radius 1 is 1.65 bits per heavy atom. The Morgan fingerprint density at radius 2 is 2.29 bits per heavy atom. The first-order valence-corrected chi connectivity index (χ1v) is 7.50. The SMILES string of the molecule is C[C@@H](NC(=O)[C@@H](N)Cc1cccs1)P(=O)(O)O. The molecule has 0 aliphatic rings. The molecule has 0 aliphatic carbocycles. The summed E-state index contributed by atoms with van der Waals surface area (Å²) in [6.45, 7) is 1.25. The number of nitrogens with one attached hydrogen (secondary N) is 1. The standard InChI is InChI=1S/C9H15N2O4PS/c1-6(16(13,14)15)11-9(12)8(10)5-7-3-2-4-17-7/h2-4,6,8H,5,10H2,1H3,(H,11,12)(H2,13,14,15)/t6-,8-/m0/s1. The molecule has 0 saturated heterocycles. The molecule has 0 radical (unpaired) electrons. The predicted molar refractivity (Wildman–Crippen MR) is 65.6 cm³/mol. The Kier molecular flexibility index (Phi) is 4.85. The van der Waals surface area contributed by atoms with E-state index in [-0.39, 0.29) is 0 Å². The number of carbonyl (C=O) groups excluding carboxylic acids is 1. The highest BCUT2D eigenvalue weighted by atomic mass is 32.1. The van der Waals surface area contributed by atoms with Crippen molar-refractivity contribution in [3.05, 3.63) is 22.4 Å². The number of hydrogen-bond acceptors (Lipinski definition) is 4. The molecule has 1 aromatic heterocycles. The van der Waals surface area contributed by atoms with E-state index in [1.54, 1.807) is 0 Å². The van der Waals surface area contributed by atoms with Gasteiger partial charge >= 0.3 is 7.60 Å². The molecular weight excluding hydrogens is 263 g/mol. The average Bonchev–Trinajstić information content (AvgIpc) is 2.68. The van der Waals surface area contributed by atoms with Crippen LogP contribution in [0.4, 0.5) is 0 Å². The monoisotopic (exact) mass is 278 g/mol. The molecule has 1 amide bonds. The number of nitrogens with two attached hydrogens (primary N) is 1. The fourth-order valence-electron chi connectivity index (χ4n) is 1.14. The maximum absolute atomic E-state index is 11.6. The summed E-state index contributed by atoms with van der Waals surface area (Å²) in [7, 11) is -4.31. The van der Waals surface area contributed by atoms with Crippen molar-refractivity contribution < 1.29 is 19.1 Å². The molecule has 0 fully saturated rings. The third-order valence-electron chi connectivity index (χ3n) is 2.19. The molecule has 5 N–H and O–H groups in total. The Hall–Kier alpha value is -0.720. The van der Waals surface area contributed by atoms with Crippen LogP contribution in [0.3, 0.4) is 0 Å². The maximum Gasteiger partial charge on any atom is 0.347 e. The van der Waals surface area contributed by atoms with Gasteiger partial charge in [-0.2, -0.15) is 0 Å². The first-order chi connectivity index (χ1) is 7.80. The zero-order valence-corrected chi connectivity index (χ0v) is 10.9. The number of amides is 1. The molecule has 0 unspecified atom stereocenters. The van der Waals surface area contributed by atoms with Crippen LogP contribution >= 0.6 is 18.9 Å². The number of rotatable bonds is 5. The van der Waals surface area contributed by atoms with Gasteiger partial charge in [0.2, 0.25) is 5.91 Å². The molecule has 0 aliphatic heterocycles. The van der Waals surface area contributed by atoms with Crippen LogP contribution in [-0.4, -0.2) is 27.5 Å². The van der Waals surface area contributed by atoms with Gasteiger partial charge in [0.25, 0.3) is 0 Å². The van der Waals surface area contributed by atoms with E-state index in [1.807, 2.05) is 17.5 Å².